The van der Waals surface area contributed by atoms with Crippen LogP contribution in [0.15, 0.2) is 0 Å². The highest BCUT2D eigenvalue weighted by Crippen LogP contribution is 1.38. The Hall–Kier alpha value is -1.00. The zero-order chi connectivity index (χ0) is 5.58. The number of hydrogen-bond donors (Lipinski definition) is 6. The van der Waals surface area contributed by atoms with Crippen LogP contribution in [0.3, 0.4) is 0 Å². The molecule has 0 amide bonds. The molecule has 14 N–H and O–H groups in total. The minimum Gasteiger partial charge on any atom is -0.344 e. The Balaban J connectivity index is -0.00000000990. The third-order valence-electron chi connectivity index (χ3n) is 0. The molecule has 0 bridgehead atoms. The molecule has 0 unspecified atom stereocenters. The van der Waals surface area contributed by atoms with E-state index in [0.29, 0.717) is 0 Å². The lowest BCUT2D eigenvalue weighted by molar-refractivity contribution is -0.742. The molecule has 0 saturated carbocycles. The molecule has 0 atom stereocenters. The second-order valence-corrected chi connectivity index (χ2v) is 0.238. The van der Waals surface area contributed by atoms with Crippen molar-refractivity contribution in [3.05, 3.63) is 10.1 Å². The van der Waals surface area contributed by atoms with Crippen LogP contribution in [0.1, 0.15) is 0 Å². The molecular formula is H14N6O3. The summed E-state index contributed by atoms with van der Waals surface area (Å²) in [6, 6.07) is 0. The van der Waals surface area contributed by atoms with Crippen molar-refractivity contribution in [2.75, 3.05) is 0 Å². The zero-order valence-corrected chi connectivity index (χ0v) is 4.99. The average Bonchev–Trinajstić information content (AvgIpc) is 1.41. The topological polar surface area (TPSA) is 220 Å². The molecule has 9 nitrogen and oxygen atoms in total. The van der Waals surface area contributed by atoms with Crippen molar-refractivity contribution in [3.63, 3.8) is 0 Å². The van der Waals surface area contributed by atoms with E-state index < -0.39 is 5.09 Å². The van der Waals surface area contributed by atoms with Gasteiger partial charge in [-0.05, 0) is 0 Å². The van der Waals surface area contributed by atoms with Gasteiger partial charge >= 0.3 is 0 Å². The first-order valence-corrected chi connectivity index (χ1v) is 0.898. The molecule has 0 aromatic rings. The van der Waals surface area contributed by atoms with Crippen molar-refractivity contribution in [2.24, 2.45) is 11.7 Å². The average molecular weight is 146 g/mol. The van der Waals surface area contributed by atoms with E-state index in [2.05, 4.69) is 11.7 Å². The first kappa shape index (κ1) is 43.6. The predicted molar refractivity (Wildman–Crippen MR) is 32.2 cm³/mol. The summed E-state index contributed by atoms with van der Waals surface area (Å²) in [5.74, 6) is 8.00. The van der Waals surface area contributed by atoms with Gasteiger partial charge in [0, 0.05) is 0 Å². The Labute approximate surface area is 51.8 Å². The molecule has 62 valence electrons. The van der Waals surface area contributed by atoms with Crippen molar-refractivity contribution >= 4 is 0 Å². The molecule has 0 rings (SSSR count). The highest BCUT2D eigenvalue weighted by Gasteiger charge is 1.65. The SMILES string of the molecule is N.N.N.NN.O=[N+]([O-])O. The lowest BCUT2D eigenvalue weighted by atomic mass is 13.0. The third kappa shape index (κ3) is 175. The van der Waals surface area contributed by atoms with Crippen LogP contribution in [-0.2, 0) is 0 Å². The van der Waals surface area contributed by atoms with Crippen LogP contribution in [0, 0.1) is 10.1 Å². The molecule has 0 saturated heterocycles. The normalized spacial score (nSPS) is 3.33. The number of nitrogens with zero attached hydrogens (tertiary/aromatic N) is 1. The van der Waals surface area contributed by atoms with Gasteiger partial charge in [0.05, 0.1) is 0 Å². The van der Waals surface area contributed by atoms with Crippen LogP contribution in [0.2, 0.25) is 0 Å². The maximum atomic E-state index is 8.36. The second-order valence-electron chi connectivity index (χ2n) is 0.238. The Bertz CT molecular complexity index is 31.3. The van der Waals surface area contributed by atoms with Gasteiger partial charge in [0.25, 0.3) is 5.09 Å². The largest absolute Gasteiger partial charge is 0.344 e. The van der Waals surface area contributed by atoms with Gasteiger partial charge in [0.2, 0.25) is 0 Å². The minimum atomic E-state index is -1.50. The van der Waals surface area contributed by atoms with E-state index in [4.69, 9.17) is 15.3 Å². The smallest absolute Gasteiger partial charge is 0.291 e. The molecule has 0 aliphatic heterocycles. The van der Waals surface area contributed by atoms with E-state index in [1.807, 2.05) is 0 Å². The van der Waals surface area contributed by atoms with E-state index in [1.165, 1.54) is 0 Å². The van der Waals surface area contributed by atoms with E-state index in [1.54, 1.807) is 0 Å². The summed E-state index contributed by atoms with van der Waals surface area (Å²) in [6.45, 7) is 0. The van der Waals surface area contributed by atoms with Crippen LogP contribution in [-0.4, -0.2) is 10.3 Å². The van der Waals surface area contributed by atoms with Crippen LogP contribution in [0.5, 0.6) is 0 Å². The Morgan fingerprint density at radius 2 is 1.22 bits per heavy atom. The van der Waals surface area contributed by atoms with Crippen molar-refractivity contribution in [2.45, 2.75) is 0 Å². The fourth-order valence-corrected chi connectivity index (χ4v) is 0. The molecular weight excluding hydrogens is 132 g/mol. The molecule has 9 heavy (non-hydrogen) atoms. The Morgan fingerprint density at radius 1 is 1.22 bits per heavy atom. The zero-order valence-electron chi connectivity index (χ0n) is 4.99. The van der Waals surface area contributed by atoms with Gasteiger partial charge in [-0.2, -0.15) is 0 Å². The first-order valence-electron chi connectivity index (χ1n) is 0.898. The van der Waals surface area contributed by atoms with Crippen molar-refractivity contribution < 1.29 is 10.3 Å². The van der Waals surface area contributed by atoms with Crippen LogP contribution < -0.4 is 30.1 Å². The summed E-state index contributed by atoms with van der Waals surface area (Å²) in [7, 11) is 0. The maximum absolute atomic E-state index is 8.36. The maximum Gasteiger partial charge on any atom is 0.291 e. The standard InChI is InChI=1S/H4N2.HNO3.3H3N/c1-2;2-1(3)4;;;/h1-2H2;(H,2,3,4);3*1H3. The van der Waals surface area contributed by atoms with Crippen LogP contribution in [0.25, 0.3) is 0 Å². The minimum absolute atomic E-state index is 0. The van der Waals surface area contributed by atoms with Gasteiger partial charge in [0.15, 0.2) is 0 Å². The lowest BCUT2D eigenvalue weighted by Gasteiger charge is -1.56. The molecule has 9 heteroatoms. The van der Waals surface area contributed by atoms with Crippen molar-refractivity contribution in [3.8, 4) is 0 Å². The summed E-state index contributed by atoms with van der Waals surface area (Å²) >= 11 is 0. The van der Waals surface area contributed by atoms with E-state index >= 15 is 0 Å². The van der Waals surface area contributed by atoms with Crippen molar-refractivity contribution in [1.29, 1.82) is 0 Å². The molecule has 0 radical (unpaired) electrons. The second kappa shape index (κ2) is 63.0. The number of rotatable bonds is 0. The van der Waals surface area contributed by atoms with Gasteiger partial charge in [-0.1, -0.05) is 0 Å². The van der Waals surface area contributed by atoms with E-state index in [0.717, 1.165) is 0 Å². The summed E-state index contributed by atoms with van der Waals surface area (Å²) in [5, 5.41) is 13.6. The van der Waals surface area contributed by atoms with Gasteiger partial charge in [0.1, 0.15) is 0 Å². The monoisotopic (exact) mass is 146 g/mol. The fraction of sp³-hybridized carbons (Fsp3) is 0. The van der Waals surface area contributed by atoms with Crippen LogP contribution in [0.4, 0.5) is 0 Å². The van der Waals surface area contributed by atoms with E-state index in [-0.39, 0.29) is 18.5 Å². The van der Waals surface area contributed by atoms with Crippen LogP contribution >= 0.6 is 0 Å². The molecule has 0 aliphatic rings. The number of nitrogens with two attached hydrogens (primary N) is 2. The molecule has 0 spiro atoms. The molecule has 0 fully saturated rings. The lowest BCUT2D eigenvalue weighted by Crippen LogP contribution is -2.02. The molecule has 0 aromatic carbocycles. The molecule has 0 aliphatic carbocycles. The first-order chi connectivity index (χ1) is 2.73. The summed E-state index contributed by atoms with van der Waals surface area (Å²) in [5.41, 5.74) is 0. The molecule has 0 aromatic heterocycles. The predicted octanol–water partition coefficient (Wildman–Crippen LogP) is -1.04. The summed E-state index contributed by atoms with van der Waals surface area (Å²) in [4.78, 5) is 8.36. The number of hydrazine groups is 1. The van der Waals surface area contributed by atoms with Crippen molar-refractivity contribution in [1.82, 2.24) is 18.5 Å². The van der Waals surface area contributed by atoms with Gasteiger partial charge < -0.3 is 23.7 Å². The van der Waals surface area contributed by atoms with Gasteiger partial charge in [-0.25, -0.2) is 0 Å². The van der Waals surface area contributed by atoms with E-state index in [9.17, 15) is 0 Å². The van der Waals surface area contributed by atoms with Gasteiger partial charge in [-0.15, -0.1) is 10.1 Å². The molecule has 0 heterocycles. The highest BCUT2D eigenvalue weighted by molar-refractivity contribution is 3.83. The quantitative estimate of drug-likeness (QED) is 0.140. The van der Waals surface area contributed by atoms with Gasteiger partial charge in [-0.3, -0.25) is 11.7 Å². The third-order valence-corrected chi connectivity index (χ3v) is 0. The summed E-state index contributed by atoms with van der Waals surface area (Å²) < 4.78 is 0. The Kier molecular flexibility index (Phi) is 305. The number of hydrogen-bond acceptors (Lipinski definition) is 7. The highest BCUT2D eigenvalue weighted by atomic mass is 16.9. The fourth-order valence-electron chi connectivity index (χ4n) is 0. The summed E-state index contributed by atoms with van der Waals surface area (Å²) in [6.07, 6.45) is 0. The Morgan fingerprint density at radius 3 is 1.22 bits per heavy atom.